The van der Waals surface area contributed by atoms with E-state index in [1.807, 2.05) is 6.20 Å². The quantitative estimate of drug-likeness (QED) is 0.814. The summed E-state index contributed by atoms with van der Waals surface area (Å²) in [5, 5.41) is 4.00. The first-order valence-corrected chi connectivity index (χ1v) is 8.30. The summed E-state index contributed by atoms with van der Waals surface area (Å²) in [5.74, 6) is 2.29. The van der Waals surface area contributed by atoms with Crippen LogP contribution < -0.4 is 10.2 Å². The summed E-state index contributed by atoms with van der Waals surface area (Å²) in [7, 11) is 1.72. The van der Waals surface area contributed by atoms with E-state index in [-0.39, 0.29) is 0 Å². The lowest BCUT2D eigenvalue weighted by Crippen LogP contribution is -2.45. The molecule has 1 aromatic rings. The highest BCUT2D eigenvalue weighted by Gasteiger charge is 2.25. The van der Waals surface area contributed by atoms with Crippen molar-refractivity contribution in [1.82, 2.24) is 10.3 Å². The number of aromatic nitrogens is 1. The number of ether oxygens (including phenoxy) is 1. The number of rotatable bonds is 6. The van der Waals surface area contributed by atoms with E-state index in [1.165, 1.54) is 11.3 Å². The van der Waals surface area contributed by atoms with Gasteiger partial charge in [-0.05, 0) is 18.6 Å². The molecule has 0 bridgehead atoms. The Balaban J connectivity index is 1.90. The first kappa shape index (κ1) is 15.6. The fourth-order valence-corrected chi connectivity index (χ4v) is 3.45. The zero-order valence-corrected chi connectivity index (χ0v) is 13.4. The summed E-state index contributed by atoms with van der Waals surface area (Å²) in [5.41, 5.74) is 1.22. The highest BCUT2D eigenvalue weighted by molar-refractivity contribution is 8.00. The molecule has 0 aromatic carbocycles. The molecule has 4 nitrogen and oxygen atoms in total. The molecule has 5 heteroatoms. The molecular formula is C15H25N3OS. The highest BCUT2D eigenvalue weighted by Crippen LogP contribution is 2.27. The summed E-state index contributed by atoms with van der Waals surface area (Å²) >= 11 is 2.05. The molecule has 1 saturated heterocycles. The summed E-state index contributed by atoms with van der Waals surface area (Å²) < 4.78 is 5.01. The van der Waals surface area contributed by atoms with Gasteiger partial charge in [-0.3, -0.25) is 0 Å². The van der Waals surface area contributed by atoms with Gasteiger partial charge in [-0.1, -0.05) is 13.0 Å². The Hall–Kier alpha value is -0.780. The van der Waals surface area contributed by atoms with E-state index in [2.05, 4.69) is 52.9 Å². The van der Waals surface area contributed by atoms with Gasteiger partial charge < -0.3 is 15.0 Å². The SMILES string of the molecule is COCCNCc1ccc(N2CCSC(C)C2C)nc1. The Labute approximate surface area is 126 Å². The summed E-state index contributed by atoms with van der Waals surface area (Å²) in [6.45, 7) is 8.14. The Bertz CT molecular complexity index is 399. The zero-order valence-electron chi connectivity index (χ0n) is 12.6. The van der Waals surface area contributed by atoms with Crippen LogP contribution in [-0.4, -0.2) is 48.8 Å². The summed E-state index contributed by atoms with van der Waals surface area (Å²) in [6.07, 6.45) is 1.98. The van der Waals surface area contributed by atoms with E-state index in [1.54, 1.807) is 7.11 Å². The Morgan fingerprint density at radius 3 is 3.00 bits per heavy atom. The van der Waals surface area contributed by atoms with E-state index in [4.69, 9.17) is 4.74 Å². The standard InChI is InChI=1S/C15H25N3OS/c1-12-13(2)20-9-7-18(12)15-5-4-14(11-17-15)10-16-6-8-19-3/h4-5,11-13,16H,6-10H2,1-3H3. The van der Waals surface area contributed by atoms with Gasteiger partial charge in [-0.25, -0.2) is 4.98 Å². The van der Waals surface area contributed by atoms with Crippen LogP contribution in [0.15, 0.2) is 18.3 Å². The second-order valence-corrected chi connectivity index (χ2v) is 6.69. The molecule has 1 aromatic heterocycles. The third-order valence-electron chi connectivity index (χ3n) is 3.80. The van der Waals surface area contributed by atoms with Gasteiger partial charge in [0.25, 0.3) is 0 Å². The third-order valence-corrected chi connectivity index (χ3v) is 5.14. The van der Waals surface area contributed by atoms with Crippen molar-refractivity contribution in [3.05, 3.63) is 23.9 Å². The van der Waals surface area contributed by atoms with Crippen LogP contribution in [0.2, 0.25) is 0 Å². The Morgan fingerprint density at radius 2 is 2.30 bits per heavy atom. The number of nitrogens with one attached hydrogen (secondary N) is 1. The lowest BCUT2D eigenvalue weighted by Gasteiger charge is -2.38. The van der Waals surface area contributed by atoms with Gasteiger partial charge in [0.05, 0.1) is 6.61 Å². The predicted octanol–water partition coefficient (Wildman–Crippen LogP) is 2.15. The van der Waals surface area contributed by atoms with Gasteiger partial charge in [0.1, 0.15) is 5.82 Å². The molecule has 2 unspecified atom stereocenters. The van der Waals surface area contributed by atoms with Crippen LogP contribution >= 0.6 is 11.8 Å². The maximum atomic E-state index is 5.01. The van der Waals surface area contributed by atoms with Crippen LogP contribution in [0.25, 0.3) is 0 Å². The second kappa shape index (κ2) is 7.86. The fourth-order valence-electron chi connectivity index (χ4n) is 2.35. The molecule has 112 valence electrons. The minimum atomic E-state index is 0.548. The van der Waals surface area contributed by atoms with E-state index in [0.29, 0.717) is 11.3 Å². The number of pyridine rings is 1. The van der Waals surface area contributed by atoms with Crippen LogP contribution in [0, 0.1) is 0 Å². The largest absolute Gasteiger partial charge is 0.383 e. The molecule has 1 aliphatic rings. The number of hydrogen-bond acceptors (Lipinski definition) is 5. The number of thioether (sulfide) groups is 1. The molecule has 1 fully saturated rings. The average molecular weight is 295 g/mol. The van der Waals surface area contributed by atoms with Crippen molar-refractivity contribution in [3.8, 4) is 0 Å². The first-order valence-electron chi connectivity index (χ1n) is 7.25. The lowest BCUT2D eigenvalue weighted by atomic mass is 10.2. The maximum Gasteiger partial charge on any atom is 0.128 e. The number of anilines is 1. The Kier molecular flexibility index (Phi) is 6.13. The maximum absolute atomic E-state index is 5.01. The third kappa shape index (κ3) is 4.11. The van der Waals surface area contributed by atoms with Gasteiger partial charge in [-0.2, -0.15) is 11.8 Å². The molecule has 0 spiro atoms. The summed E-state index contributed by atoms with van der Waals surface area (Å²) in [6, 6.07) is 4.86. The van der Waals surface area contributed by atoms with E-state index >= 15 is 0 Å². The minimum Gasteiger partial charge on any atom is -0.383 e. The molecule has 1 aliphatic heterocycles. The fraction of sp³-hybridized carbons (Fsp3) is 0.667. The van der Waals surface area contributed by atoms with Crippen LogP contribution in [0.3, 0.4) is 0 Å². The van der Waals surface area contributed by atoms with Crippen molar-refractivity contribution in [2.24, 2.45) is 0 Å². The number of nitrogens with zero attached hydrogens (tertiary/aromatic N) is 2. The van der Waals surface area contributed by atoms with Crippen LogP contribution in [-0.2, 0) is 11.3 Å². The zero-order chi connectivity index (χ0) is 14.4. The van der Waals surface area contributed by atoms with Crippen LogP contribution in [0.5, 0.6) is 0 Å². The van der Waals surface area contributed by atoms with Crippen molar-refractivity contribution in [3.63, 3.8) is 0 Å². The Morgan fingerprint density at radius 1 is 1.45 bits per heavy atom. The van der Waals surface area contributed by atoms with Gasteiger partial charge >= 0.3 is 0 Å². The molecule has 2 atom stereocenters. The predicted molar refractivity (Wildman–Crippen MR) is 86.5 cm³/mol. The molecule has 0 saturated carbocycles. The molecule has 20 heavy (non-hydrogen) atoms. The molecule has 2 rings (SSSR count). The van der Waals surface area contributed by atoms with Crippen LogP contribution in [0.4, 0.5) is 5.82 Å². The van der Waals surface area contributed by atoms with Gasteiger partial charge in [0, 0.05) is 50.0 Å². The first-order chi connectivity index (χ1) is 9.72. The molecule has 0 radical (unpaired) electrons. The van der Waals surface area contributed by atoms with Crippen molar-refractivity contribution in [1.29, 1.82) is 0 Å². The van der Waals surface area contributed by atoms with Crippen molar-refractivity contribution < 1.29 is 4.74 Å². The molecule has 0 aliphatic carbocycles. The molecular weight excluding hydrogens is 270 g/mol. The van der Waals surface area contributed by atoms with E-state index in [9.17, 15) is 0 Å². The topological polar surface area (TPSA) is 37.4 Å². The van der Waals surface area contributed by atoms with Crippen molar-refractivity contribution >= 4 is 17.6 Å². The van der Waals surface area contributed by atoms with E-state index < -0.39 is 0 Å². The highest BCUT2D eigenvalue weighted by atomic mass is 32.2. The smallest absolute Gasteiger partial charge is 0.128 e. The lowest BCUT2D eigenvalue weighted by molar-refractivity contribution is 0.199. The number of methoxy groups -OCH3 is 1. The summed E-state index contributed by atoms with van der Waals surface area (Å²) in [4.78, 5) is 7.05. The average Bonchev–Trinajstić information content (AvgIpc) is 2.47. The second-order valence-electron chi connectivity index (χ2n) is 5.20. The minimum absolute atomic E-state index is 0.548. The molecule has 0 amide bonds. The number of hydrogen-bond donors (Lipinski definition) is 1. The van der Waals surface area contributed by atoms with Crippen molar-refractivity contribution in [2.45, 2.75) is 31.7 Å². The molecule has 1 N–H and O–H groups in total. The van der Waals surface area contributed by atoms with Gasteiger partial charge in [0.2, 0.25) is 0 Å². The van der Waals surface area contributed by atoms with Gasteiger partial charge in [-0.15, -0.1) is 0 Å². The van der Waals surface area contributed by atoms with E-state index in [0.717, 1.165) is 32.1 Å². The normalized spacial score (nSPS) is 23.1. The van der Waals surface area contributed by atoms with Crippen LogP contribution in [0.1, 0.15) is 19.4 Å². The molecule has 2 heterocycles. The van der Waals surface area contributed by atoms with Crippen molar-refractivity contribution in [2.75, 3.05) is 37.5 Å². The van der Waals surface area contributed by atoms with Gasteiger partial charge in [0.15, 0.2) is 0 Å². The monoisotopic (exact) mass is 295 g/mol.